The van der Waals surface area contributed by atoms with Gasteiger partial charge in [-0.3, -0.25) is 14.6 Å². The van der Waals surface area contributed by atoms with E-state index in [0.717, 1.165) is 24.7 Å². The lowest BCUT2D eigenvalue weighted by molar-refractivity contribution is 0.0863. The molecule has 0 aliphatic carbocycles. The van der Waals surface area contributed by atoms with Gasteiger partial charge in [0.15, 0.2) is 0 Å². The van der Waals surface area contributed by atoms with Crippen LogP contribution < -0.4 is 15.5 Å². The largest absolute Gasteiger partial charge is 0.350 e. The zero-order valence-electron chi connectivity index (χ0n) is 16.7. The quantitative estimate of drug-likeness (QED) is 0.807. The number of carbonyl (C=O) groups excluding carboxylic acids is 2. The van der Waals surface area contributed by atoms with E-state index in [1.807, 2.05) is 12.1 Å². The molecule has 0 aromatic heterocycles. The van der Waals surface area contributed by atoms with Crippen molar-refractivity contribution in [1.29, 1.82) is 0 Å². The molecule has 1 atom stereocenters. The lowest BCUT2D eigenvalue weighted by atomic mass is 9.94. The molecular weight excluding hydrogens is 340 g/mol. The van der Waals surface area contributed by atoms with Gasteiger partial charge in [0, 0.05) is 36.9 Å². The van der Waals surface area contributed by atoms with Crippen LogP contribution in [0.3, 0.4) is 0 Å². The van der Waals surface area contributed by atoms with Gasteiger partial charge in [-0.05, 0) is 62.0 Å². The summed E-state index contributed by atoms with van der Waals surface area (Å²) in [6, 6.07) is 7.56. The van der Waals surface area contributed by atoms with E-state index in [1.165, 1.54) is 12.8 Å². The van der Waals surface area contributed by atoms with Crippen molar-refractivity contribution >= 4 is 17.6 Å². The van der Waals surface area contributed by atoms with Crippen LogP contribution in [0.4, 0.5) is 10.5 Å². The number of rotatable bonds is 6. The van der Waals surface area contributed by atoms with Crippen LogP contribution in [0, 0.1) is 11.8 Å². The van der Waals surface area contributed by atoms with Crippen molar-refractivity contribution < 1.29 is 9.59 Å². The zero-order chi connectivity index (χ0) is 19.4. The monoisotopic (exact) mass is 372 g/mol. The Balaban J connectivity index is 1.56. The maximum absolute atomic E-state index is 12.6. The third-order valence-corrected chi connectivity index (χ3v) is 5.83. The van der Waals surface area contributed by atoms with Gasteiger partial charge in [-0.25, -0.2) is 4.79 Å². The molecule has 2 saturated heterocycles. The topological polar surface area (TPSA) is 64.7 Å². The fourth-order valence-corrected chi connectivity index (χ4v) is 3.96. The molecule has 2 N–H and O–H groups in total. The minimum atomic E-state index is -0.0807. The lowest BCUT2D eigenvalue weighted by Gasteiger charge is -2.38. The number of anilines is 1. The number of urea groups is 1. The van der Waals surface area contributed by atoms with Crippen LogP contribution in [0.15, 0.2) is 24.3 Å². The number of carbonyl (C=O) groups is 2. The van der Waals surface area contributed by atoms with Crippen molar-refractivity contribution in [3.8, 4) is 0 Å². The summed E-state index contributed by atoms with van der Waals surface area (Å²) in [5.41, 5.74) is 1.46. The van der Waals surface area contributed by atoms with Crippen molar-refractivity contribution in [1.82, 2.24) is 15.5 Å². The van der Waals surface area contributed by atoms with Crippen LogP contribution in [0.2, 0.25) is 0 Å². The van der Waals surface area contributed by atoms with E-state index < -0.39 is 0 Å². The first-order valence-electron chi connectivity index (χ1n) is 10.1. The van der Waals surface area contributed by atoms with Gasteiger partial charge in [0.25, 0.3) is 5.91 Å². The maximum atomic E-state index is 12.6. The summed E-state index contributed by atoms with van der Waals surface area (Å²) in [5, 5.41) is 5.90. The number of hydrogen-bond donors (Lipinski definition) is 2. The standard InChI is InChI=1S/C21H32N4O2/c1-15(2)19(24-11-8-16(3)9-12-24)14-23-20(26)17-4-6-18(7-5-17)25-13-10-22-21(25)27/h4-7,15-16,19H,8-14H2,1-3H3,(H,22,27)(H,23,26). The first kappa shape index (κ1) is 19.7. The highest BCUT2D eigenvalue weighted by Gasteiger charge is 2.26. The van der Waals surface area contributed by atoms with E-state index in [4.69, 9.17) is 0 Å². The summed E-state index contributed by atoms with van der Waals surface area (Å²) in [6.45, 7) is 11.0. The second-order valence-corrected chi connectivity index (χ2v) is 8.17. The Morgan fingerprint density at radius 2 is 1.85 bits per heavy atom. The molecule has 1 aromatic carbocycles. The first-order valence-corrected chi connectivity index (χ1v) is 10.1. The van der Waals surface area contributed by atoms with Gasteiger partial charge < -0.3 is 10.6 Å². The Morgan fingerprint density at radius 3 is 2.41 bits per heavy atom. The third kappa shape index (κ3) is 4.80. The van der Waals surface area contributed by atoms with Gasteiger partial charge in [0.2, 0.25) is 0 Å². The molecule has 3 amide bonds. The Labute approximate surface area is 162 Å². The average Bonchev–Trinajstić information content (AvgIpc) is 3.09. The summed E-state index contributed by atoms with van der Waals surface area (Å²) >= 11 is 0. The summed E-state index contributed by atoms with van der Waals surface area (Å²) in [7, 11) is 0. The number of amides is 3. The molecule has 0 saturated carbocycles. The molecular formula is C21H32N4O2. The number of nitrogens with zero attached hydrogens (tertiary/aromatic N) is 2. The first-order chi connectivity index (χ1) is 13.0. The lowest BCUT2D eigenvalue weighted by Crippen LogP contribution is -2.49. The molecule has 0 bridgehead atoms. The Morgan fingerprint density at radius 1 is 1.19 bits per heavy atom. The Bertz CT molecular complexity index is 651. The van der Waals surface area contributed by atoms with E-state index in [9.17, 15) is 9.59 Å². The van der Waals surface area contributed by atoms with Crippen molar-refractivity contribution in [2.75, 3.05) is 37.6 Å². The average molecular weight is 373 g/mol. The Hall–Kier alpha value is -2.08. The van der Waals surface area contributed by atoms with Crippen LogP contribution >= 0.6 is 0 Å². The minimum Gasteiger partial charge on any atom is -0.350 e. The molecule has 1 unspecified atom stereocenters. The van der Waals surface area contributed by atoms with E-state index in [-0.39, 0.29) is 11.9 Å². The Kier molecular flexibility index (Phi) is 6.37. The molecule has 0 radical (unpaired) electrons. The fraction of sp³-hybridized carbons (Fsp3) is 0.619. The van der Waals surface area contributed by atoms with Gasteiger partial charge in [-0.1, -0.05) is 20.8 Å². The molecule has 2 aliphatic heterocycles. The smallest absolute Gasteiger partial charge is 0.321 e. The van der Waals surface area contributed by atoms with Gasteiger partial charge in [-0.2, -0.15) is 0 Å². The fourth-order valence-electron chi connectivity index (χ4n) is 3.96. The highest BCUT2D eigenvalue weighted by Crippen LogP contribution is 2.21. The molecule has 2 aliphatic rings. The normalized spacial score (nSPS) is 20.0. The maximum Gasteiger partial charge on any atom is 0.321 e. The van der Waals surface area contributed by atoms with E-state index in [2.05, 4.69) is 36.3 Å². The van der Waals surface area contributed by atoms with E-state index >= 15 is 0 Å². The zero-order valence-corrected chi connectivity index (χ0v) is 16.7. The van der Waals surface area contributed by atoms with E-state index in [0.29, 0.717) is 37.2 Å². The van der Waals surface area contributed by atoms with Crippen LogP contribution in [-0.4, -0.2) is 55.6 Å². The molecule has 148 valence electrons. The predicted octanol–water partition coefficient (Wildman–Crippen LogP) is 2.70. The molecule has 0 spiro atoms. The number of hydrogen-bond acceptors (Lipinski definition) is 3. The molecule has 3 rings (SSSR count). The van der Waals surface area contributed by atoms with Crippen molar-refractivity contribution in [3.05, 3.63) is 29.8 Å². The van der Waals surface area contributed by atoms with Gasteiger partial charge in [0.05, 0.1) is 0 Å². The van der Waals surface area contributed by atoms with Gasteiger partial charge >= 0.3 is 6.03 Å². The molecule has 2 heterocycles. The second kappa shape index (κ2) is 8.74. The third-order valence-electron chi connectivity index (χ3n) is 5.83. The van der Waals surface area contributed by atoms with Crippen LogP contribution in [0.1, 0.15) is 44.0 Å². The minimum absolute atomic E-state index is 0.0524. The SMILES string of the molecule is CC1CCN(C(CNC(=O)c2ccc(N3CCNC3=O)cc2)C(C)C)CC1. The van der Waals surface area contributed by atoms with Crippen LogP contribution in [0.5, 0.6) is 0 Å². The van der Waals surface area contributed by atoms with Crippen molar-refractivity contribution in [2.24, 2.45) is 11.8 Å². The summed E-state index contributed by atoms with van der Waals surface area (Å²) in [6.07, 6.45) is 2.48. The predicted molar refractivity (Wildman–Crippen MR) is 108 cm³/mol. The molecule has 27 heavy (non-hydrogen) atoms. The van der Waals surface area contributed by atoms with Gasteiger partial charge in [0.1, 0.15) is 0 Å². The number of likely N-dealkylation sites (tertiary alicyclic amines) is 1. The van der Waals surface area contributed by atoms with Crippen LogP contribution in [0.25, 0.3) is 0 Å². The number of benzene rings is 1. The molecule has 2 fully saturated rings. The number of nitrogens with one attached hydrogen (secondary N) is 2. The van der Waals surface area contributed by atoms with E-state index in [1.54, 1.807) is 17.0 Å². The summed E-state index contributed by atoms with van der Waals surface area (Å²) in [4.78, 5) is 28.5. The summed E-state index contributed by atoms with van der Waals surface area (Å²) in [5.74, 6) is 1.25. The summed E-state index contributed by atoms with van der Waals surface area (Å²) < 4.78 is 0. The van der Waals surface area contributed by atoms with Crippen molar-refractivity contribution in [2.45, 2.75) is 39.7 Å². The highest BCUT2D eigenvalue weighted by molar-refractivity contribution is 5.97. The van der Waals surface area contributed by atoms with Crippen molar-refractivity contribution in [3.63, 3.8) is 0 Å². The molecule has 1 aromatic rings. The van der Waals surface area contributed by atoms with Gasteiger partial charge in [-0.15, -0.1) is 0 Å². The van der Waals surface area contributed by atoms with Crippen LogP contribution in [-0.2, 0) is 0 Å². The number of piperidine rings is 1. The molecule has 6 nitrogen and oxygen atoms in total. The highest BCUT2D eigenvalue weighted by atomic mass is 16.2. The molecule has 6 heteroatoms. The second-order valence-electron chi connectivity index (χ2n) is 8.17.